The zero-order valence-corrected chi connectivity index (χ0v) is 17.8. The quantitative estimate of drug-likeness (QED) is 0.542. The van der Waals surface area contributed by atoms with Gasteiger partial charge in [-0.2, -0.15) is 5.10 Å². The third kappa shape index (κ3) is 3.83. The van der Waals surface area contributed by atoms with Gasteiger partial charge >= 0.3 is 0 Å². The molecule has 0 saturated heterocycles. The van der Waals surface area contributed by atoms with Crippen molar-refractivity contribution in [1.29, 1.82) is 0 Å². The average molecular weight is 424 g/mol. The Bertz CT molecular complexity index is 1150. The number of pyridine rings is 1. The minimum Gasteiger partial charge on any atom is -0.497 e. The lowest BCUT2D eigenvalue weighted by Gasteiger charge is -2.21. The minimum atomic E-state index is -0.330. The normalized spacial score (nSPS) is 15.9. The summed E-state index contributed by atoms with van der Waals surface area (Å²) < 4.78 is 10.9. The van der Waals surface area contributed by atoms with E-state index in [1.54, 1.807) is 7.11 Å². The fourth-order valence-electron chi connectivity index (χ4n) is 3.66. The summed E-state index contributed by atoms with van der Waals surface area (Å²) in [6.45, 7) is 4.02. The average Bonchev–Trinajstić information content (AvgIpc) is 3.19. The first-order valence-corrected chi connectivity index (χ1v) is 10.1. The Balaban J connectivity index is 1.74. The fourth-order valence-corrected chi connectivity index (χ4v) is 3.93. The summed E-state index contributed by atoms with van der Waals surface area (Å²) in [6.07, 6.45) is 0.533. The lowest BCUT2D eigenvalue weighted by molar-refractivity contribution is -0.130. The molecule has 1 unspecified atom stereocenters. The minimum absolute atomic E-state index is 0.155. The summed E-state index contributed by atoms with van der Waals surface area (Å²) in [7, 11) is 1.62. The molecule has 7 heteroatoms. The van der Waals surface area contributed by atoms with E-state index in [1.165, 1.54) is 11.9 Å². The third-order valence-electron chi connectivity index (χ3n) is 5.07. The van der Waals surface area contributed by atoms with Gasteiger partial charge in [0.05, 0.1) is 31.0 Å². The number of hydrogen-bond donors (Lipinski definition) is 0. The topological polar surface area (TPSA) is 64.0 Å². The maximum absolute atomic E-state index is 12.4. The summed E-state index contributed by atoms with van der Waals surface area (Å²) in [5.74, 6) is 1.35. The molecule has 3 aromatic rings. The number of aromatic nitrogens is 1. The van der Waals surface area contributed by atoms with Crippen molar-refractivity contribution in [1.82, 2.24) is 9.99 Å². The molecule has 1 aliphatic rings. The summed E-state index contributed by atoms with van der Waals surface area (Å²) in [5, 5.41) is 7.34. The number of hydrazone groups is 1. The monoisotopic (exact) mass is 423 g/mol. The van der Waals surface area contributed by atoms with Crippen LogP contribution in [0.2, 0.25) is 5.15 Å². The van der Waals surface area contributed by atoms with Crippen LogP contribution in [-0.4, -0.2) is 35.3 Å². The molecule has 0 aliphatic carbocycles. The molecule has 0 radical (unpaired) electrons. The van der Waals surface area contributed by atoms with Gasteiger partial charge in [0.2, 0.25) is 5.91 Å². The zero-order valence-electron chi connectivity index (χ0n) is 17.1. The Hall–Kier alpha value is -3.12. The maximum Gasteiger partial charge on any atom is 0.240 e. The first kappa shape index (κ1) is 20.2. The molecule has 1 aromatic heterocycles. The molecule has 0 N–H and O–H groups in total. The number of halogens is 1. The van der Waals surface area contributed by atoms with Crippen LogP contribution in [0.1, 0.15) is 37.4 Å². The molecule has 2 aromatic carbocycles. The zero-order chi connectivity index (χ0) is 21.3. The van der Waals surface area contributed by atoms with E-state index in [9.17, 15) is 4.79 Å². The summed E-state index contributed by atoms with van der Waals surface area (Å²) >= 11 is 6.54. The van der Waals surface area contributed by atoms with Crippen LogP contribution < -0.4 is 9.47 Å². The standard InChI is InChI=1S/C23H22ClN3O3/c1-4-30-18-8-9-20-16(11-18)12-19(23(24)25-20)22-13-21(26-27(22)14(2)28)15-6-5-7-17(10-15)29-3/h5-12,22H,4,13H2,1-3H3. The third-order valence-corrected chi connectivity index (χ3v) is 5.38. The van der Waals surface area contributed by atoms with Crippen LogP contribution in [0.15, 0.2) is 53.6 Å². The summed E-state index contributed by atoms with van der Waals surface area (Å²) in [6, 6.07) is 15.0. The molecule has 4 rings (SSSR count). The van der Waals surface area contributed by atoms with Gasteiger partial charge < -0.3 is 9.47 Å². The van der Waals surface area contributed by atoms with Gasteiger partial charge in [-0.25, -0.2) is 9.99 Å². The molecule has 6 nitrogen and oxygen atoms in total. The Morgan fingerprint density at radius 1 is 1.20 bits per heavy atom. The van der Waals surface area contributed by atoms with Crippen LogP contribution in [0.5, 0.6) is 11.5 Å². The molecule has 154 valence electrons. The van der Waals surface area contributed by atoms with Crippen LogP contribution in [0.3, 0.4) is 0 Å². The second-order valence-electron chi connectivity index (χ2n) is 7.02. The predicted molar refractivity (Wildman–Crippen MR) is 117 cm³/mol. The summed E-state index contributed by atoms with van der Waals surface area (Å²) in [4.78, 5) is 16.9. The first-order chi connectivity index (χ1) is 14.5. The fraction of sp³-hybridized carbons (Fsp3) is 0.261. The molecule has 0 spiro atoms. The number of methoxy groups -OCH3 is 1. The molecule has 1 aliphatic heterocycles. The van der Waals surface area contributed by atoms with E-state index in [2.05, 4.69) is 10.1 Å². The largest absolute Gasteiger partial charge is 0.497 e. The Kier molecular flexibility index (Phi) is 5.59. The van der Waals surface area contributed by atoms with Crippen LogP contribution in [0, 0.1) is 0 Å². The van der Waals surface area contributed by atoms with Gasteiger partial charge in [0.1, 0.15) is 16.7 Å². The highest BCUT2D eigenvalue weighted by molar-refractivity contribution is 6.30. The van der Waals surface area contributed by atoms with Gasteiger partial charge in [-0.05, 0) is 43.3 Å². The number of carbonyl (C=O) groups is 1. The molecule has 0 saturated carbocycles. The molecule has 0 fully saturated rings. The van der Waals surface area contributed by atoms with E-state index >= 15 is 0 Å². The van der Waals surface area contributed by atoms with E-state index in [4.69, 9.17) is 21.1 Å². The number of rotatable bonds is 5. The van der Waals surface area contributed by atoms with E-state index in [-0.39, 0.29) is 11.9 Å². The van der Waals surface area contributed by atoms with Crippen LogP contribution in [0.25, 0.3) is 10.9 Å². The van der Waals surface area contributed by atoms with Crippen molar-refractivity contribution in [2.45, 2.75) is 26.3 Å². The molecule has 1 atom stereocenters. The smallest absolute Gasteiger partial charge is 0.240 e. The highest BCUT2D eigenvalue weighted by Crippen LogP contribution is 2.38. The Morgan fingerprint density at radius 3 is 2.77 bits per heavy atom. The number of fused-ring (bicyclic) bond motifs is 1. The van der Waals surface area contributed by atoms with Gasteiger partial charge in [0.25, 0.3) is 0 Å². The number of benzene rings is 2. The second-order valence-corrected chi connectivity index (χ2v) is 7.38. The van der Waals surface area contributed by atoms with Crippen molar-refractivity contribution in [3.63, 3.8) is 0 Å². The molecular formula is C23H22ClN3O3. The van der Waals surface area contributed by atoms with Crippen LogP contribution in [-0.2, 0) is 4.79 Å². The van der Waals surface area contributed by atoms with Gasteiger partial charge in [0.15, 0.2) is 0 Å². The van der Waals surface area contributed by atoms with E-state index in [0.29, 0.717) is 18.2 Å². The highest BCUT2D eigenvalue weighted by atomic mass is 35.5. The number of nitrogens with zero attached hydrogens (tertiary/aromatic N) is 3. The predicted octanol–water partition coefficient (Wildman–Crippen LogP) is 4.99. The van der Waals surface area contributed by atoms with Crippen molar-refractivity contribution in [2.75, 3.05) is 13.7 Å². The van der Waals surface area contributed by atoms with Crippen LogP contribution >= 0.6 is 11.6 Å². The lowest BCUT2D eigenvalue weighted by Crippen LogP contribution is -2.24. The molecule has 1 amide bonds. The van der Waals surface area contributed by atoms with E-state index in [0.717, 1.165) is 39.2 Å². The van der Waals surface area contributed by atoms with Crippen molar-refractivity contribution in [3.8, 4) is 11.5 Å². The summed E-state index contributed by atoms with van der Waals surface area (Å²) in [5.41, 5.74) is 3.24. The van der Waals surface area contributed by atoms with Gasteiger partial charge in [-0.15, -0.1) is 0 Å². The van der Waals surface area contributed by atoms with Crippen molar-refractivity contribution in [3.05, 3.63) is 64.8 Å². The maximum atomic E-state index is 12.4. The van der Waals surface area contributed by atoms with E-state index in [1.807, 2.05) is 55.5 Å². The molecule has 0 bridgehead atoms. The van der Waals surface area contributed by atoms with Crippen molar-refractivity contribution in [2.24, 2.45) is 5.10 Å². The molecular weight excluding hydrogens is 402 g/mol. The molecule has 30 heavy (non-hydrogen) atoms. The number of carbonyl (C=O) groups excluding carboxylic acids is 1. The number of hydrogen-bond acceptors (Lipinski definition) is 5. The Morgan fingerprint density at radius 2 is 2.03 bits per heavy atom. The van der Waals surface area contributed by atoms with E-state index < -0.39 is 0 Å². The van der Waals surface area contributed by atoms with Crippen molar-refractivity contribution >= 4 is 34.1 Å². The van der Waals surface area contributed by atoms with Crippen LogP contribution in [0.4, 0.5) is 0 Å². The van der Waals surface area contributed by atoms with Gasteiger partial charge in [-0.3, -0.25) is 4.79 Å². The Labute approximate surface area is 180 Å². The first-order valence-electron chi connectivity index (χ1n) is 9.75. The highest BCUT2D eigenvalue weighted by Gasteiger charge is 2.33. The number of ether oxygens (including phenoxy) is 2. The SMILES string of the molecule is CCOc1ccc2nc(Cl)c(C3CC(c4cccc(OC)c4)=NN3C(C)=O)cc2c1. The molecule has 2 heterocycles. The second kappa shape index (κ2) is 8.32. The van der Waals surface area contributed by atoms with Crippen molar-refractivity contribution < 1.29 is 14.3 Å². The lowest BCUT2D eigenvalue weighted by atomic mass is 9.98. The van der Waals surface area contributed by atoms with Gasteiger partial charge in [0, 0.05) is 29.9 Å². The number of amides is 1. The van der Waals surface area contributed by atoms with Gasteiger partial charge in [-0.1, -0.05) is 23.7 Å².